The predicted molar refractivity (Wildman–Crippen MR) is 83.8 cm³/mol. The molecule has 23 heavy (non-hydrogen) atoms. The van der Waals surface area contributed by atoms with E-state index in [0.717, 1.165) is 12.1 Å². The lowest BCUT2D eigenvalue weighted by atomic mass is 10.0. The van der Waals surface area contributed by atoms with E-state index in [2.05, 4.69) is 0 Å². The van der Waals surface area contributed by atoms with Crippen LogP contribution in [0, 0.1) is 5.82 Å². The fourth-order valence-corrected chi connectivity index (χ4v) is 6.00. The number of sulfone groups is 1. The third-order valence-electron chi connectivity index (χ3n) is 3.65. The molecule has 1 aliphatic rings. The lowest BCUT2D eigenvalue weighted by molar-refractivity contribution is 0.589. The van der Waals surface area contributed by atoms with Gasteiger partial charge in [-0.05, 0) is 48.2 Å². The molecular weight excluding hydrogens is 386 g/mol. The molecule has 0 aromatic heterocycles. The second-order valence-electron chi connectivity index (χ2n) is 5.08. The first-order chi connectivity index (χ1) is 10.6. The molecule has 9 heteroatoms. The van der Waals surface area contributed by atoms with Gasteiger partial charge in [0.15, 0.2) is 0 Å². The quantitative estimate of drug-likeness (QED) is 0.695. The number of fused-ring (bicyclic) bond motifs is 2. The monoisotopic (exact) mass is 394 g/mol. The Labute approximate surface area is 142 Å². The Kier molecular flexibility index (Phi) is 3.95. The zero-order chi connectivity index (χ0) is 17.0. The second-order valence-corrected chi connectivity index (χ2v) is 9.91. The Bertz CT molecular complexity index is 1030. The summed E-state index contributed by atoms with van der Waals surface area (Å²) in [6.45, 7) is 0. The van der Waals surface area contributed by atoms with Gasteiger partial charge in [-0.3, -0.25) is 0 Å². The largest absolute Gasteiger partial charge is 0.262 e. The van der Waals surface area contributed by atoms with Crippen molar-refractivity contribution >= 4 is 41.2 Å². The highest BCUT2D eigenvalue weighted by Crippen LogP contribution is 2.37. The van der Waals surface area contributed by atoms with E-state index in [1.165, 1.54) is 18.2 Å². The van der Waals surface area contributed by atoms with Gasteiger partial charge < -0.3 is 0 Å². The summed E-state index contributed by atoms with van der Waals surface area (Å²) in [5, 5.41) is -0.147. The van der Waals surface area contributed by atoms with E-state index in [1.807, 2.05) is 0 Å². The van der Waals surface area contributed by atoms with Gasteiger partial charge in [-0.2, -0.15) is 0 Å². The smallest absolute Gasteiger partial charge is 0.218 e. The van der Waals surface area contributed by atoms with Crippen molar-refractivity contribution in [2.24, 2.45) is 0 Å². The molecule has 0 radical (unpaired) electrons. The number of rotatable bonds is 1. The summed E-state index contributed by atoms with van der Waals surface area (Å²) in [6, 6.07) is 5.76. The van der Waals surface area contributed by atoms with E-state index in [-0.39, 0.29) is 14.8 Å². The maximum absolute atomic E-state index is 13.5. The predicted octanol–water partition coefficient (Wildman–Crippen LogP) is 3.34. The van der Waals surface area contributed by atoms with Crippen LogP contribution in [-0.4, -0.2) is 16.8 Å². The molecule has 3 rings (SSSR count). The summed E-state index contributed by atoms with van der Waals surface area (Å²) in [7, 11) is -3.00. The van der Waals surface area contributed by atoms with Gasteiger partial charge in [0.25, 0.3) is 9.05 Å². The lowest BCUT2D eigenvalue weighted by Crippen LogP contribution is -2.07. The summed E-state index contributed by atoms with van der Waals surface area (Å²) in [5.41, 5.74) is 0.838. The van der Waals surface area contributed by atoms with Gasteiger partial charge in [0.2, 0.25) is 9.84 Å². The fraction of sp³-hybridized carbons (Fsp3) is 0.143. The Morgan fingerprint density at radius 2 is 1.61 bits per heavy atom. The van der Waals surface area contributed by atoms with Crippen molar-refractivity contribution < 1.29 is 21.2 Å². The zero-order valence-corrected chi connectivity index (χ0v) is 14.5. The first kappa shape index (κ1) is 16.7. The summed E-state index contributed by atoms with van der Waals surface area (Å²) in [4.78, 5) is -0.870. The summed E-state index contributed by atoms with van der Waals surface area (Å²) >= 11 is 5.91. The van der Waals surface area contributed by atoms with E-state index in [9.17, 15) is 21.2 Å². The SMILES string of the molecule is O=S(=O)(Cl)c1cc2c(cc1Cl)CCc1ccc(F)cc1S2(=O)=O. The molecule has 1 aliphatic heterocycles. The van der Waals surface area contributed by atoms with E-state index < -0.39 is 29.6 Å². The highest BCUT2D eigenvalue weighted by Gasteiger charge is 2.30. The first-order valence-corrected chi connectivity index (χ1v) is 10.6. The molecule has 0 spiro atoms. The standard InChI is InChI=1S/C14H9Cl2FO4S2/c15-11-5-9-2-1-8-3-4-10(17)6-12(8)22(18,19)13(9)7-14(11)23(16,20)21/h3-7H,1-2H2. The van der Waals surface area contributed by atoms with Gasteiger partial charge in [0.1, 0.15) is 10.7 Å². The van der Waals surface area contributed by atoms with Gasteiger partial charge >= 0.3 is 0 Å². The highest BCUT2D eigenvalue weighted by atomic mass is 35.7. The normalized spacial score (nSPS) is 16.3. The van der Waals surface area contributed by atoms with Gasteiger partial charge in [0.05, 0.1) is 14.8 Å². The maximum atomic E-state index is 13.5. The van der Waals surface area contributed by atoms with Crippen LogP contribution in [0.1, 0.15) is 11.1 Å². The molecular formula is C14H9Cl2FO4S2. The molecule has 0 atom stereocenters. The Hall–Kier alpha value is -1.15. The molecule has 0 N–H and O–H groups in total. The zero-order valence-electron chi connectivity index (χ0n) is 11.4. The molecule has 0 amide bonds. The van der Waals surface area contributed by atoms with Gasteiger partial charge in [-0.1, -0.05) is 17.7 Å². The van der Waals surface area contributed by atoms with Crippen molar-refractivity contribution in [1.82, 2.24) is 0 Å². The number of halogens is 3. The molecule has 0 bridgehead atoms. The average Bonchev–Trinajstić information content (AvgIpc) is 2.53. The van der Waals surface area contributed by atoms with Gasteiger partial charge in [0, 0.05) is 10.7 Å². The van der Waals surface area contributed by atoms with Crippen LogP contribution in [0.4, 0.5) is 4.39 Å². The van der Waals surface area contributed by atoms with Gasteiger partial charge in [-0.25, -0.2) is 21.2 Å². The molecule has 1 heterocycles. The minimum atomic E-state index is -4.21. The maximum Gasteiger partial charge on any atom is 0.262 e. The number of aryl methyl sites for hydroxylation is 2. The molecule has 0 saturated carbocycles. The number of benzene rings is 2. The van der Waals surface area contributed by atoms with Crippen molar-refractivity contribution in [3.05, 3.63) is 52.3 Å². The van der Waals surface area contributed by atoms with Crippen molar-refractivity contribution in [2.75, 3.05) is 0 Å². The van der Waals surface area contributed by atoms with Crippen molar-refractivity contribution in [3.8, 4) is 0 Å². The fourth-order valence-electron chi connectivity index (χ4n) is 2.58. The molecule has 0 fully saturated rings. The lowest BCUT2D eigenvalue weighted by Gasteiger charge is -2.10. The number of hydrogen-bond donors (Lipinski definition) is 0. The van der Waals surface area contributed by atoms with Crippen LogP contribution in [0.15, 0.2) is 45.0 Å². The highest BCUT2D eigenvalue weighted by molar-refractivity contribution is 8.13. The topological polar surface area (TPSA) is 68.3 Å². The molecule has 0 saturated heterocycles. The third kappa shape index (κ3) is 2.87. The van der Waals surface area contributed by atoms with Crippen molar-refractivity contribution in [3.63, 3.8) is 0 Å². The van der Waals surface area contributed by atoms with Gasteiger partial charge in [-0.15, -0.1) is 0 Å². The first-order valence-electron chi connectivity index (χ1n) is 6.41. The number of hydrogen-bond acceptors (Lipinski definition) is 4. The van der Waals surface area contributed by atoms with Crippen molar-refractivity contribution in [2.45, 2.75) is 27.5 Å². The van der Waals surface area contributed by atoms with Crippen LogP contribution in [0.25, 0.3) is 0 Å². The van der Waals surface area contributed by atoms with E-state index in [1.54, 1.807) is 0 Å². The second kappa shape index (κ2) is 5.44. The molecule has 0 unspecified atom stereocenters. The van der Waals surface area contributed by atoms with E-state index in [0.29, 0.717) is 24.0 Å². The Morgan fingerprint density at radius 1 is 1.00 bits per heavy atom. The molecule has 122 valence electrons. The Balaban J connectivity index is 2.37. The minimum Gasteiger partial charge on any atom is -0.218 e. The molecule has 0 aliphatic carbocycles. The van der Waals surface area contributed by atoms with Crippen LogP contribution in [-0.2, 0) is 31.7 Å². The van der Waals surface area contributed by atoms with E-state index >= 15 is 0 Å². The summed E-state index contributed by atoms with van der Waals surface area (Å²) in [6.07, 6.45) is 0.695. The molecule has 4 nitrogen and oxygen atoms in total. The molecule has 2 aromatic rings. The van der Waals surface area contributed by atoms with Crippen LogP contribution in [0.2, 0.25) is 5.02 Å². The van der Waals surface area contributed by atoms with Crippen LogP contribution >= 0.6 is 22.3 Å². The average molecular weight is 395 g/mol. The molecule has 2 aromatic carbocycles. The third-order valence-corrected chi connectivity index (χ3v) is 7.35. The van der Waals surface area contributed by atoms with Crippen LogP contribution in [0.5, 0.6) is 0 Å². The summed E-state index contributed by atoms with van der Waals surface area (Å²) in [5.74, 6) is -0.685. The van der Waals surface area contributed by atoms with Crippen LogP contribution in [0.3, 0.4) is 0 Å². The Morgan fingerprint density at radius 3 is 2.26 bits per heavy atom. The van der Waals surface area contributed by atoms with E-state index in [4.69, 9.17) is 22.3 Å². The van der Waals surface area contributed by atoms with Crippen LogP contribution < -0.4 is 0 Å². The minimum absolute atomic E-state index is 0.147. The van der Waals surface area contributed by atoms with Crippen molar-refractivity contribution in [1.29, 1.82) is 0 Å². The summed E-state index contributed by atoms with van der Waals surface area (Å²) < 4.78 is 62.2.